The lowest BCUT2D eigenvalue weighted by Crippen LogP contribution is -2.46. The average Bonchev–Trinajstić information content (AvgIpc) is 2.88. The van der Waals surface area contributed by atoms with Crippen molar-refractivity contribution < 1.29 is 4.79 Å². The van der Waals surface area contributed by atoms with Crippen molar-refractivity contribution >= 4 is 5.91 Å². The van der Waals surface area contributed by atoms with E-state index >= 15 is 0 Å². The first-order valence-electron chi connectivity index (χ1n) is 6.76. The highest BCUT2D eigenvalue weighted by atomic mass is 16.1. The van der Waals surface area contributed by atoms with Crippen molar-refractivity contribution in [1.29, 1.82) is 0 Å². The van der Waals surface area contributed by atoms with E-state index < -0.39 is 0 Å². The number of carbonyl (C=O) groups excluding carboxylic acids is 1. The number of hydrogen-bond donors (Lipinski definition) is 2. The molecular weight excluding hydrogens is 228 g/mol. The Morgan fingerprint density at radius 1 is 1.61 bits per heavy atom. The van der Waals surface area contributed by atoms with Crippen LogP contribution < -0.4 is 10.6 Å². The molecule has 18 heavy (non-hydrogen) atoms. The molecule has 2 unspecified atom stereocenters. The molecule has 1 aromatic rings. The molecule has 2 heterocycles. The number of aryl methyl sites for hydroxylation is 1. The maximum Gasteiger partial charge on any atom is 0.224 e. The van der Waals surface area contributed by atoms with Crippen molar-refractivity contribution in [1.82, 2.24) is 20.4 Å². The molecule has 2 atom stereocenters. The van der Waals surface area contributed by atoms with E-state index in [9.17, 15) is 4.79 Å². The lowest BCUT2D eigenvalue weighted by atomic mass is 9.91. The SMILES string of the molecule is CC1NCCCC1C(=O)NCCCn1cccn1. The van der Waals surface area contributed by atoms with Crippen molar-refractivity contribution in [3.63, 3.8) is 0 Å². The van der Waals surface area contributed by atoms with Gasteiger partial charge in [-0.3, -0.25) is 9.48 Å². The topological polar surface area (TPSA) is 59.0 Å². The first-order valence-corrected chi connectivity index (χ1v) is 6.76. The van der Waals surface area contributed by atoms with Crippen LogP contribution >= 0.6 is 0 Å². The Bertz CT molecular complexity index is 363. The summed E-state index contributed by atoms with van der Waals surface area (Å²) in [5.41, 5.74) is 0. The number of carbonyl (C=O) groups is 1. The zero-order valence-electron chi connectivity index (χ0n) is 10.9. The number of hydrogen-bond acceptors (Lipinski definition) is 3. The van der Waals surface area contributed by atoms with Crippen LogP contribution in [0.2, 0.25) is 0 Å². The third kappa shape index (κ3) is 3.57. The Balaban J connectivity index is 1.65. The minimum atomic E-state index is 0.128. The van der Waals surface area contributed by atoms with Crippen molar-refractivity contribution in [2.45, 2.75) is 38.8 Å². The highest BCUT2D eigenvalue weighted by Crippen LogP contribution is 2.16. The molecule has 1 fully saturated rings. The first-order chi connectivity index (χ1) is 8.77. The van der Waals surface area contributed by atoms with E-state index in [2.05, 4.69) is 22.7 Å². The third-order valence-electron chi connectivity index (χ3n) is 3.52. The van der Waals surface area contributed by atoms with Crippen molar-refractivity contribution in [2.75, 3.05) is 13.1 Å². The predicted octanol–water partition coefficient (Wildman–Crippen LogP) is 0.777. The van der Waals surface area contributed by atoms with Crippen LogP contribution in [0, 0.1) is 5.92 Å². The van der Waals surface area contributed by atoms with Gasteiger partial charge in [-0.2, -0.15) is 5.10 Å². The summed E-state index contributed by atoms with van der Waals surface area (Å²) in [6, 6.07) is 2.21. The first kappa shape index (κ1) is 13.1. The van der Waals surface area contributed by atoms with Crippen molar-refractivity contribution in [3.8, 4) is 0 Å². The summed E-state index contributed by atoms with van der Waals surface area (Å²) >= 11 is 0. The van der Waals surface area contributed by atoms with Gasteiger partial charge in [-0.05, 0) is 38.8 Å². The molecule has 2 rings (SSSR count). The number of nitrogens with one attached hydrogen (secondary N) is 2. The van der Waals surface area contributed by atoms with Gasteiger partial charge in [-0.15, -0.1) is 0 Å². The predicted molar refractivity (Wildman–Crippen MR) is 70.0 cm³/mol. The van der Waals surface area contributed by atoms with Crippen LogP contribution in [0.25, 0.3) is 0 Å². The lowest BCUT2D eigenvalue weighted by Gasteiger charge is -2.28. The van der Waals surface area contributed by atoms with Crippen molar-refractivity contribution in [3.05, 3.63) is 18.5 Å². The van der Waals surface area contributed by atoms with Crippen LogP contribution in [0.15, 0.2) is 18.5 Å². The van der Waals surface area contributed by atoms with E-state index in [1.54, 1.807) is 6.20 Å². The molecule has 0 bridgehead atoms. The van der Waals surface area contributed by atoms with Gasteiger partial charge >= 0.3 is 0 Å². The molecule has 2 N–H and O–H groups in total. The van der Waals surface area contributed by atoms with E-state index in [0.29, 0.717) is 6.04 Å². The Labute approximate surface area is 108 Å². The van der Waals surface area contributed by atoms with E-state index in [4.69, 9.17) is 0 Å². The summed E-state index contributed by atoms with van der Waals surface area (Å²) < 4.78 is 1.89. The standard InChI is InChI=1S/C13H22N4O/c1-11-12(5-2-6-14-11)13(18)15-7-3-9-17-10-4-8-16-17/h4,8,10-12,14H,2-3,5-7,9H2,1H3,(H,15,18). The molecule has 0 spiro atoms. The normalized spacial score (nSPS) is 23.8. The quantitative estimate of drug-likeness (QED) is 0.759. The van der Waals surface area contributed by atoms with E-state index in [-0.39, 0.29) is 11.8 Å². The van der Waals surface area contributed by atoms with Crippen LogP contribution in [-0.2, 0) is 11.3 Å². The van der Waals surface area contributed by atoms with Gasteiger partial charge in [0.05, 0.1) is 5.92 Å². The number of rotatable bonds is 5. The van der Waals surface area contributed by atoms with Crippen LogP contribution in [-0.4, -0.2) is 34.8 Å². The van der Waals surface area contributed by atoms with Gasteiger partial charge < -0.3 is 10.6 Å². The molecule has 0 aliphatic carbocycles. The van der Waals surface area contributed by atoms with E-state index in [1.165, 1.54) is 0 Å². The van der Waals surface area contributed by atoms with Crippen LogP contribution in [0.1, 0.15) is 26.2 Å². The summed E-state index contributed by atoms with van der Waals surface area (Å²) in [6.07, 6.45) is 6.72. The van der Waals surface area contributed by atoms with Gasteiger partial charge in [0.2, 0.25) is 5.91 Å². The molecule has 1 aromatic heterocycles. The number of amides is 1. The highest BCUT2D eigenvalue weighted by molar-refractivity contribution is 5.79. The van der Waals surface area contributed by atoms with E-state index in [1.807, 2.05) is 16.9 Å². The van der Waals surface area contributed by atoms with E-state index in [0.717, 1.165) is 38.9 Å². The second-order valence-corrected chi connectivity index (χ2v) is 4.91. The molecule has 5 nitrogen and oxygen atoms in total. The smallest absolute Gasteiger partial charge is 0.224 e. The Hall–Kier alpha value is -1.36. The van der Waals surface area contributed by atoms with Gasteiger partial charge in [-0.25, -0.2) is 0 Å². The minimum Gasteiger partial charge on any atom is -0.356 e. The molecule has 1 saturated heterocycles. The number of nitrogens with zero attached hydrogens (tertiary/aromatic N) is 2. The average molecular weight is 250 g/mol. The molecule has 1 amide bonds. The molecule has 0 saturated carbocycles. The summed E-state index contributed by atoms with van der Waals surface area (Å²) in [5.74, 6) is 0.318. The van der Waals surface area contributed by atoms with Gasteiger partial charge in [0, 0.05) is 31.5 Å². The third-order valence-corrected chi connectivity index (χ3v) is 3.52. The summed E-state index contributed by atoms with van der Waals surface area (Å²) in [4.78, 5) is 12.0. The second kappa shape index (κ2) is 6.54. The molecule has 100 valence electrons. The largest absolute Gasteiger partial charge is 0.356 e. The van der Waals surface area contributed by atoms with Crippen LogP contribution in [0.5, 0.6) is 0 Å². The zero-order valence-corrected chi connectivity index (χ0v) is 10.9. The van der Waals surface area contributed by atoms with Gasteiger partial charge in [0.25, 0.3) is 0 Å². The van der Waals surface area contributed by atoms with Crippen molar-refractivity contribution in [2.24, 2.45) is 5.92 Å². The Morgan fingerprint density at radius 2 is 2.50 bits per heavy atom. The maximum atomic E-state index is 12.0. The summed E-state index contributed by atoms with van der Waals surface area (Å²) in [5, 5.41) is 10.5. The van der Waals surface area contributed by atoms with Gasteiger partial charge in [0.1, 0.15) is 0 Å². The van der Waals surface area contributed by atoms with Gasteiger partial charge in [0.15, 0.2) is 0 Å². The maximum absolute atomic E-state index is 12.0. The fraction of sp³-hybridized carbons (Fsp3) is 0.692. The lowest BCUT2D eigenvalue weighted by molar-refractivity contribution is -0.126. The van der Waals surface area contributed by atoms with Crippen LogP contribution in [0.4, 0.5) is 0 Å². The number of piperidine rings is 1. The summed E-state index contributed by atoms with van der Waals surface area (Å²) in [6.45, 7) is 4.70. The molecule has 0 radical (unpaired) electrons. The van der Waals surface area contributed by atoms with Gasteiger partial charge in [-0.1, -0.05) is 0 Å². The fourth-order valence-corrected chi connectivity index (χ4v) is 2.42. The minimum absolute atomic E-state index is 0.128. The van der Waals surface area contributed by atoms with Crippen LogP contribution in [0.3, 0.4) is 0 Å². The monoisotopic (exact) mass is 250 g/mol. The molecule has 1 aliphatic heterocycles. The second-order valence-electron chi connectivity index (χ2n) is 4.91. The molecule has 0 aromatic carbocycles. The molecular formula is C13H22N4O. The fourth-order valence-electron chi connectivity index (χ4n) is 2.42. The summed E-state index contributed by atoms with van der Waals surface area (Å²) in [7, 11) is 0. The highest BCUT2D eigenvalue weighted by Gasteiger charge is 2.26. The Kier molecular flexibility index (Phi) is 4.75. The zero-order chi connectivity index (χ0) is 12.8. The Morgan fingerprint density at radius 3 is 3.22 bits per heavy atom. The molecule has 1 aliphatic rings. The molecule has 5 heteroatoms. The number of aromatic nitrogens is 2.